The smallest absolute Gasteiger partial charge is 0.325 e. The molecule has 1 saturated heterocycles. The van der Waals surface area contributed by atoms with Crippen LogP contribution in [0.5, 0.6) is 5.75 Å². The molecule has 4 amide bonds. The molecule has 1 heterocycles. The molecular formula is C22H24FN3O4. The molecule has 0 aliphatic carbocycles. The lowest BCUT2D eigenvalue weighted by Crippen LogP contribution is -2.45. The minimum absolute atomic E-state index is 0.0000726. The van der Waals surface area contributed by atoms with E-state index in [0.29, 0.717) is 18.4 Å². The van der Waals surface area contributed by atoms with Gasteiger partial charge in [-0.1, -0.05) is 18.2 Å². The summed E-state index contributed by atoms with van der Waals surface area (Å²) in [6.45, 7) is 2.87. The number of anilines is 1. The van der Waals surface area contributed by atoms with Gasteiger partial charge < -0.3 is 15.4 Å². The molecule has 1 aliphatic rings. The predicted octanol–water partition coefficient (Wildman–Crippen LogP) is 3.02. The summed E-state index contributed by atoms with van der Waals surface area (Å²) in [6, 6.07) is 11.2. The minimum atomic E-state index is -1.12. The maximum Gasteiger partial charge on any atom is 0.325 e. The maximum absolute atomic E-state index is 13.9. The van der Waals surface area contributed by atoms with E-state index in [9.17, 15) is 18.8 Å². The van der Waals surface area contributed by atoms with Gasteiger partial charge in [-0.3, -0.25) is 14.5 Å². The zero-order valence-corrected chi connectivity index (χ0v) is 17.1. The fraction of sp³-hybridized carbons (Fsp3) is 0.318. The van der Waals surface area contributed by atoms with Gasteiger partial charge in [-0.05, 0) is 62.1 Å². The monoisotopic (exact) mass is 413 g/mol. The number of imide groups is 1. The molecule has 8 heteroatoms. The quantitative estimate of drug-likeness (QED) is 0.683. The molecule has 30 heavy (non-hydrogen) atoms. The van der Waals surface area contributed by atoms with Gasteiger partial charge in [0.1, 0.15) is 23.7 Å². The van der Waals surface area contributed by atoms with E-state index in [4.69, 9.17) is 4.74 Å². The molecule has 1 aliphatic heterocycles. The Bertz CT molecular complexity index is 977. The van der Waals surface area contributed by atoms with Gasteiger partial charge in [0, 0.05) is 0 Å². The molecule has 0 saturated carbocycles. The second kappa shape index (κ2) is 8.52. The van der Waals surface area contributed by atoms with Gasteiger partial charge in [-0.15, -0.1) is 0 Å². The maximum atomic E-state index is 13.9. The van der Waals surface area contributed by atoms with Crippen LogP contribution in [-0.4, -0.2) is 41.9 Å². The molecule has 2 N–H and O–H groups in total. The van der Waals surface area contributed by atoms with E-state index in [0.717, 1.165) is 16.2 Å². The van der Waals surface area contributed by atoms with Crippen LogP contribution >= 0.6 is 0 Å². The van der Waals surface area contributed by atoms with E-state index in [-0.39, 0.29) is 5.69 Å². The van der Waals surface area contributed by atoms with Crippen molar-refractivity contribution in [3.8, 4) is 5.75 Å². The Kier molecular flexibility index (Phi) is 6.05. The van der Waals surface area contributed by atoms with Crippen LogP contribution in [0.25, 0.3) is 0 Å². The van der Waals surface area contributed by atoms with Crippen molar-refractivity contribution in [2.24, 2.45) is 0 Å². The van der Waals surface area contributed by atoms with Crippen LogP contribution in [0.1, 0.15) is 24.5 Å². The Balaban J connectivity index is 1.62. The number of hydrogen-bond acceptors (Lipinski definition) is 4. The highest BCUT2D eigenvalue weighted by Gasteiger charge is 2.47. The first-order valence-electron chi connectivity index (χ1n) is 9.55. The number of aryl methyl sites for hydroxylation is 2. The molecule has 0 radical (unpaired) electrons. The molecular weight excluding hydrogens is 389 g/mol. The van der Waals surface area contributed by atoms with E-state index in [1.165, 1.54) is 12.1 Å². The molecule has 0 aromatic heterocycles. The lowest BCUT2D eigenvalue weighted by molar-refractivity contribution is -0.133. The summed E-state index contributed by atoms with van der Waals surface area (Å²) in [5.74, 6) is -0.983. The van der Waals surface area contributed by atoms with Gasteiger partial charge in [-0.2, -0.15) is 0 Å². The van der Waals surface area contributed by atoms with Crippen LogP contribution in [0.15, 0.2) is 42.5 Å². The third kappa shape index (κ3) is 4.59. The number of urea groups is 1. The molecule has 3 rings (SSSR count). The number of amides is 4. The molecule has 158 valence electrons. The molecule has 7 nitrogen and oxygen atoms in total. The summed E-state index contributed by atoms with van der Waals surface area (Å²) < 4.78 is 19.1. The van der Waals surface area contributed by atoms with Crippen LogP contribution in [0.2, 0.25) is 0 Å². The van der Waals surface area contributed by atoms with Gasteiger partial charge in [0.05, 0.1) is 12.8 Å². The van der Waals surface area contributed by atoms with E-state index in [1.807, 2.05) is 24.3 Å². The van der Waals surface area contributed by atoms with Crippen LogP contribution < -0.4 is 15.4 Å². The first-order valence-corrected chi connectivity index (χ1v) is 9.55. The molecule has 2 aromatic carbocycles. The van der Waals surface area contributed by atoms with E-state index in [2.05, 4.69) is 10.6 Å². The fourth-order valence-electron chi connectivity index (χ4n) is 3.30. The molecule has 0 bridgehead atoms. The number of benzene rings is 2. The lowest BCUT2D eigenvalue weighted by Gasteiger charge is -2.21. The van der Waals surface area contributed by atoms with E-state index >= 15 is 0 Å². The van der Waals surface area contributed by atoms with Crippen molar-refractivity contribution in [3.05, 3.63) is 59.4 Å². The minimum Gasteiger partial charge on any atom is -0.497 e. The Morgan fingerprint density at radius 3 is 2.53 bits per heavy atom. The summed E-state index contributed by atoms with van der Waals surface area (Å²) in [5.41, 5.74) is 0.587. The second-order valence-electron chi connectivity index (χ2n) is 7.53. The van der Waals surface area contributed by atoms with Crippen molar-refractivity contribution in [2.75, 3.05) is 19.0 Å². The second-order valence-corrected chi connectivity index (χ2v) is 7.53. The number of halogens is 1. The lowest BCUT2D eigenvalue weighted by atomic mass is 9.93. The summed E-state index contributed by atoms with van der Waals surface area (Å²) in [7, 11) is 1.58. The summed E-state index contributed by atoms with van der Waals surface area (Å²) in [4.78, 5) is 38.3. The van der Waals surface area contributed by atoms with Crippen molar-refractivity contribution in [1.82, 2.24) is 10.2 Å². The number of carbonyl (C=O) groups excluding carboxylic acids is 3. The van der Waals surface area contributed by atoms with Crippen molar-refractivity contribution in [2.45, 2.75) is 32.2 Å². The first kappa shape index (κ1) is 21.3. The normalized spacial score (nSPS) is 18.3. The molecule has 0 spiro atoms. The fourth-order valence-corrected chi connectivity index (χ4v) is 3.30. The molecule has 1 atom stereocenters. The first-order chi connectivity index (χ1) is 14.2. The zero-order chi connectivity index (χ0) is 21.9. The van der Waals surface area contributed by atoms with Crippen molar-refractivity contribution >= 4 is 23.5 Å². The van der Waals surface area contributed by atoms with E-state index in [1.54, 1.807) is 27.0 Å². The number of rotatable bonds is 7. The summed E-state index contributed by atoms with van der Waals surface area (Å²) in [5, 5.41) is 5.07. The van der Waals surface area contributed by atoms with E-state index < -0.39 is 35.7 Å². The average molecular weight is 413 g/mol. The highest BCUT2D eigenvalue weighted by Crippen LogP contribution is 2.24. The van der Waals surface area contributed by atoms with Gasteiger partial charge >= 0.3 is 6.03 Å². The van der Waals surface area contributed by atoms with Gasteiger partial charge in [0.25, 0.3) is 5.91 Å². The van der Waals surface area contributed by atoms with Crippen molar-refractivity contribution < 1.29 is 23.5 Å². The summed E-state index contributed by atoms with van der Waals surface area (Å²) >= 11 is 0. The molecule has 2 aromatic rings. The van der Waals surface area contributed by atoms with Crippen LogP contribution in [0.4, 0.5) is 14.9 Å². The van der Waals surface area contributed by atoms with Crippen LogP contribution in [0, 0.1) is 12.7 Å². The Morgan fingerprint density at radius 2 is 1.90 bits per heavy atom. The predicted molar refractivity (Wildman–Crippen MR) is 110 cm³/mol. The Hall–Kier alpha value is -3.42. The standard InChI is InChI=1S/C22H24FN3O4/c1-14-4-9-18(17(23)12-14)24-19(27)13-26-20(28)22(2,25-21(26)29)11-10-15-5-7-16(30-3)8-6-15/h4-9,12H,10-11,13H2,1-3H3,(H,24,27)(H,25,29)/t22-/m1/s1. The highest BCUT2D eigenvalue weighted by molar-refractivity contribution is 6.09. The third-order valence-electron chi connectivity index (χ3n) is 5.12. The van der Waals surface area contributed by atoms with Gasteiger partial charge in [-0.25, -0.2) is 9.18 Å². The molecule has 1 fully saturated rings. The van der Waals surface area contributed by atoms with Crippen LogP contribution in [-0.2, 0) is 16.0 Å². The molecule has 0 unspecified atom stereocenters. The number of hydrogen-bond donors (Lipinski definition) is 2. The number of methoxy groups -OCH3 is 1. The SMILES string of the molecule is COc1ccc(CC[C@@]2(C)NC(=O)N(CC(=O)Nc3ccc(C)cc3F)C2=O)cc1. The van der Waals surface area contributed by atoms with Crippen molar-refractivity contribution in [1.29, 1.82) is 0 Å². The number of nitrogens with one attached hydrogen (secondary N) is 2. The number of carbonyl (C=O) groups is 3. The summed E-state index contributed by atoms with van der Waals surface area (Å²) in [6.07, 6.45) is 0.926. The number of ether oxygens (including phenoxy) is 1. The Labute approximate surface area is 174 Å². The largest absolute Gasteiger partial charge is 0.497 e. The Morgan fingerprint density at radius 1 is 1.20 bits per heavy atom. The third-order valence-corrected chi connectivity index (χ3v) is 5.12. The average Bonchev–Trinajstić information content (AvgIpc) is 2.92. The van der Waals surface area contributed by atoms with Gasteiger partial charge in [0.15, 0.2) is 0 Å². The van der Waals surface area contributed by atoms with Crippen molar-refractivity contribution in [3.63, 3.8) is 0 Å². The van der Waals surface area contributed by atoms with Gasteiger partial charge in [0.2, 0.25) is 5.91 Å². The zero-order valence-electron chi connectivity index (χ0n) is 17.1. The van der Waals surface area contributed by atoms with Crippen LogP contribution in [0.3, 0.4) is 0 Å². The number of nitrogens with zero attached hydrogens (tertiary/aromatic N) is 1. The topological polar surface area (TPSA) is 87.7 Å². The highest BCUT2D eigenvalue weighted by atomic mass is 19.1.